The SMILES string of the molecule is Cc1ccc(Cl)cc1N(Cc1ccc(C(=O)Nc2c(C)cccc2C(C)C)cc1)S(=O)(=O)c1ccccc1. The zero-order valence-electron chi connectivity index (χ0n) is 21.9. The number of hydrogen-bond acceptors (Lipinski definition) is 3. The van der Waals surface area contributed by atoms with Crippen LogP contribution in [0.3, 0.4) is 0 Å². The molecule has 0 unspecified atom stereocenters. The molecule has 0 spiro atoms. The molecule has 4 aromatic rings. The number of sulfonamides is 1. The fourth-order valence-corrected chi connectivity index (χ4v) is 6.02. The molecule has 0 fully saturated rings. The van der Waals surface area contributed by atoms with Gasteiger partial charge in [-0.1, -0.05) is 80.0 Å². The summed E-state index contributed by atoms with van der Waals surface area (Å²) in [4.78, 5) is 13.3. The Kier molecular flexibility index (Phi) is 8.24. The van der Waals surface area contributed by atoms with E-state index in [2.05, 4.69) is 19.2 Å². The lowest BCUT2D eigenvalue weighted by Gasteiger charge is -2.26. The third-order valence-corrected chi connectivity index (χ3v) is 8.49. The first-order chi connectivity index (χ1) is 18.1. The molecule has 4 aromatic carbocycles. The van der Waals surface area contributed by atoms with Gasteiger partial charge in [-0.2, -0.15) is 0 Å². The van der Waals surface area contributed by atoms with Crippen LogP contribution in [0.4, 0.5) is 11.4 Å². The van der Waals surface area contributed by atoms with Crippen molar-refractivity contribution in [1.82, 2.24) is 0 Å². The molecule has 1 N–H and O–H groups in total. The molecule has 0 bridgehead atoms. The number of amides is 1. The van der Waals surface area contributed by atoms with Crippen LogP contribution in [0.25, 0.3) is 0 Å². The Labute approximate surface area is 230 Å². The Morgan fingerprint density at radius 1 is 0.868 bits per heavy atom. The predicted molar refractivity (Wildman–Crippen MR) is 156 cm³/mol. The highest BCUT2D eigenvalue weighted by Crippen LogP contribution is 2.32. The minimum absolute atomic E-state index is 0.0790. The summed E-state index contributed by atoms with van der Waals surface area (Å²) in [7, 11) is -3.88. The Morgan fingerprint density at radius 3 is 2.21 bits per heavy atom. The average molecular weight is 547 g/mol. The number of benzene rings is 4. The van der Waals surface area contributed by atoms with Crippen molar-refractivity contribution in [3.8, 4) is 0 Å². The average Bonchev–Trinajstić information content (AvgIpc) is 2.90. The molecule has 0 aliphatic carbocycles. The molecule has 0 aliphatic heterocycles. The molecule has 0 atom stereocenters. The number of nitrogens with zero attached hydrogens (tertiary/aromatic N) is 1. The van der Waals surface area contributed by atoms with Crippen molar-refractivity contribution in [1.29, 1.82) is 0 Å². The number of anilines is 2. The summed E-state index contributed by atoms with van der Waals surface area (Å²) in [5.74, 6) is 0.0484. The minimum atomic E-state index is -3.88. The molecule has 5 nitrogen and oxygen atoms in total. The van der Waals surface area contributed by atoms with Crippen molar-refractivity contribution in [2.45, 2.75) is 45.1 Å². The fourth-order valence-electron chi connectivity index (χ4n) is 4.33. The standard InChI is InChI=1S/C31H31ClN2O3S/c1-21(2)28-12-8-9-23(4)30(28)33-31(35)25-16-14-24(15-17-25)20-34(29-19-26(32)18-13-22(29)3)38(36,37)27-10-6-5-7-11-27/h5-19,21H,20H2,1-4H3,(H,33,35). The predicted octanol–water partition coefficient (Wildman–Crippen LogP) is 7.73. The highest BCUT2D eigenvalue weighted by atomic mass is 35.5. The van der Waals surface area contributed by atoms with Gasteiger partial charge in [0.25, 0.3) is 15.9 Å². The molecule has 7 heteroatoms. The Morgan fingerprint density at radius 2 is 1.55 bits per heavy atom. The van der Waals surface area contributed by atoms with E-state index in [-0.39, 0.29) is 23.3 Å². The van der Waals surface area contributed by atoms with Crippen molar-refractivity contribution >= 4 is 38.9 Å². The molecule has 0 aromatic heterocycles. The molecule has 0 aliphatic rings. The fraction of sp³-hybridized carbons (Fsp3) is 0.194. The van der Waals surface area contributed by atoms with Gasteiger partial charge in [0.05, 0.1) is 17.1 Å². The lowest BCUT2D eigenvalue weighted by Crippen LogP contribution is -2.31. The van der Waals surface area contributed by atoms with Crippen LogP contribution in [0.1, 0.15) is 52.4 Å². The number of hydrogen-bond donors (Lipinski definition) is 1. The number of para-hydroxylation sites is 1. The van der Waals surface area contributed by atoms with E-state index in [4.69, 9.17) is 11.6 Å². The van der Waals surface area contributed by atoms with Crippen LogP contribution < -0.4 is 9.62 Å². The Bertz CT molecular complexity index is 1550. The van der Waals surface area contributed by atoms with Crippen LogP contribution in [-0.2, 0) is 16.6 Å². The van der Waals surface area contributed by atoms with Crippen LogP contribution in [0.5, 0.6) is 0 Å². The van der Waals surface area contributed by atoms with Gasteiger partial charge in [0.15, 0.2) is 0 Å². The van der Waals surface area contributed by atoms with Crippen LogP contribution in [0.2, 0.25) is 5.02 Å². The number of rotatable bonds is 8. The number of halogens is 1. The molecule has 0 saturated heterocycles. The topological polar surface area (TPSA) is 66.5 Å². The van der Waals surface area contributed by atoms with Crippen molar-refractivity contribution in [3.63, 3.8) is 0 Å². The van der Waals surface area contributed by atoms with Crippen molar-refractivity contribution in [3.05, 3.63) is 124 Å². The van der Waals surface area contributed by atoms with Crippen molar-refractivity contribution in [2.75, 3.05) is 9.62 Å². The second-order valence-electron chi connectivity index (χ2n) is 9.60. The number of carbonyl (C=O) groups excluding carboxylic acids is 1. The highest BCUT2D eigenvalue weighted by molar-refractivity contribution is 7.92. The smallest absolute Gasteiger partial charge is 0.264 e. The van der Waals surface area contributed by atoms with E-state index in [1.807, 2.05) is 32.0 Å². The maximum Gasteiger partial charge on any atom is 0.264 e. The summed E-state index contributed by atoms with van der Waals surface area (Å²) in [5, 5.41) is 3.51. The summed E-state index contributed by atoms with van der Waals surface area (Å²) in [6.07, 6.45) is 0. The zero-order chi connectivity index (χ0) is 27.4. The second-order valence-corrected chi connectivity index (χ2v) is 11.9. The van der Waals surface area contributed by atoms with E-state index < -0.39 is 10.0 Å². The normalized spacial score (nSPS) is 11.4. The number of nitrogens with one attached hydrogen (secondary N) is 1. The van der Waals surface area contributed by atoms with Crippen LogP contribution in [0.15, 0.2) is 95.9 Å². The minimum Gasteiger partial charge on any atom is -0.321 e. The first kappa shape index (κ1) is 27.4. The van der Waals surface area contributed by atoms with E-state index in [0.29, 0.717) is 16.3 Å². The Hall–Kier alpha value is -3.61. The van der Waals surface area contributed by atoms with Gasteiger partial charge in [0.2, 0.25) is 0 Å². The third-order valence-electron chi connectivity index (χ3n) is 6.48. The second kappa shape index (κ2) is 11.4. The van der Waals surface area contributed by atoms with Gasteiger partial charge < -0.3 is 5.32 Å². The molecular formula is C31H31ClN2O3S. The van der Waals surface area contributed by atoms with Crippen LogP contribution >= 0.6 is 11.6 Å². The van der Waals surface area contributed by atoms with Crippen LogP contribution in [-0.4, -0.2) is 14.3 Å². The van der Waals surface area contributed by atoms with Gasteiger partial charge >= 0.3 is 0 Å². The largest absolute Gasteiger partial charge is 0.321 e. The summed E-state index contributed by atoms with van der Waals surface area (Å²) in [6, 6.07) is 26.5. The molecular weight excluding hydrogens is 516 g/mol. The lowest BCUT2D eigenvalue weighted by molar-refractivity contribution is 0.102. The van der Waals surface area contributed by atoms with Gasteiger partial charge in [0, 0.05) is 16.3 Å². The van der Waals surface area contributed by atoms with Gasteiger partial charge in [-0.05, 0) is 78.4 Å². The van der Waals surface area contributed by atoms with Crippen molar-refractivity contribution in [2.24, 2.45) is 0 Å². The molecule has 0 saturated carbocycles. The summed E-state index contributed by atoms with van der Waals surface area (Å²) in [5.41, 5.74) is 5.41. The van der Waals surface area contributed by atoms with Crippen molar-refractivity contribution < 1.29 is 13.2 Å². The molecule has 4 rings (SSSR count). The van der Waals surface area contributed by atoms with E-state index in [1.165, 1.54) is 4.31 Å². The molecule has 0 heterocycles. The molecule has 0 radical (unpaired) electrons. The van der Waals surface area contributed by atoms with Gasteiger partial charge in [-0.3, -0.25) is 9.10 Å². The van der Waals surface area contributed by atoms with E-state index >= 15 is 0 Å². The van der Waals surface area contributed by atoms with Crippen LogP contribution in [0, 0.1) is 13.8 Å². The summed E-state index contributed by atoms with van der Waals surface area (Å²) < 4.78 is 28.8. The highest BCUT2D eigenvalue weighted by Gasteiger charge is 2.26. The maximum absolute atomic E-state index is 13.7. The molecule has 1 amide bonds. The van der Waals surface area contributed by atoms with Gasteiger partial charge in [-0.15, -0.1) is 0 Å². The Balaban J connectivity index is 1.64. The van der Waals surface area contributed by atoms with E-state index in [1.54, 1.807) is 72.8 Å². The monoisotopic (exact) mass is 546 g/mol. The number of carbonyl (C=O) groups is 1. The van der Waals surface area contributed by atoms with E-state index in [9.17, 15) is 13.2 Å². The molecule has 38 heavy (non-hydrogen) atoms. The summed E-state index contributed by atoms with van der Waals surface area (Å²) >= 11 is 6.26. The third kappa shape index (κ3) is 5.93. The summed E-state index contributed by atoms with van der Waals surface area (Å²) in [6.45, 7) is 8.09. The molecule has 196 valence electrons. The lowest BCUT2D eigenvalue weighted by atomic mass is 9.98. The maximum atomic E-state index is 13.7. The first-order valence-electron chi connectivity index (χ1n) is 12.4. The first-order valence-corrected chi connectivity index (χ1v) is 14.2. The quantitative estimate of drug-likeness (QED) is 0.246. The van der Waals surface area contributed by atoms with E-state index in [0.717, 1.165) is 27.9 Å². The van der Waals surface area contributed by atoms with Gasteiger partial charge in [0.1, 0.15) is 0 Å². The number of aryl methyl sites for hydroxylation is 2. The van der Waals surface area contributed by atoms with Gasteiger partial charge in [-0.25, -0.2) is 8.42 Å². The zero-order valence-corrected chi connectivity index (χ0v) is 23.5.